The van der Waals surface area contributed by atoms with Gasteiger partial charge in [-0.3, -0.25) is 10.1 Å². The molecule has 184 valence electrons. The van der Waals surface area contributed by atoms with E-state index in [4.69, 9.17) is 0 Å². The van der Waals surface area contributed by atoms with Gasteiger partial charge in [0.05, 0.1) is 16.3 Å². The van der Waals surface area contributed by atoms with Crippen LogP contribution in [0.3, 0.4) is 0 Å². The zero-order chi connectivity index (χ0) is 26.1. The molecule has 6 aromatic rings. The lowest BCUT2D eigenvalue weighted by Gasteiger charge is -2.29. The monoisotopic (exact) mass is 495 g/mol. The standard InChI is InChI=1S/C33H25N3O2/c1-34(27-18-22-29(23-19-27)36(37)38)26-16-20-28(21-17-26)35(32-14-6-10-24-8-2-4-12-30(24)32)33-15-7-11-25-9-3-5-13-31(25)33/h2-23H,1H3. The second-order valence-corrected chi connectivity index (χ2v) is 9.18. The normalized spacial score (nSPS) is 11.0. The molecule has 6 aromatic carbocycles. The molecule has 0 spiro atoms. The zero-order valence-corrected chi connectivity index (χ0v) is 20.9. The molecule has 0 N–H and O–H groups in total. The summed E-state index contributed by atoms with van der Waals surface area (Å²) in [6, 6.07) is 44.7. The predicted molar refractivity (Wildman–Crippen MR) is 157 cm³/mol. The summed E-state index contributed by atoms with van der Waals surface area (Å²) in [4.78, 5) is 15.0. The maximum atomic E-state index is 11.0. The Bertz CT molecular complexity index is 1670. The molecule has 0 radical (unpaired) electrons. The van der Waals surface area contributed by atoms with Gasteiger partial charge in [0.2, 0.25) is 0 Å². The maximum absolute atomic E-state index is 11.0. The minimum Gasteiger partial charge on any atom is -0.345 e. The van der Waals surface area contributed by atoms with Crippen molar-refractivity contribution >= 4 is 55.7 Å². The first-order valence-electron chi connectivity index (χ1n) is 12.4. The second kappa shape index (κ2) is 9.71. The fraction of sp³-hybridized carbons (Fsp3) is 0.0303. The van der Waals surface area contributed by atoms with E-state index < -0.39 is 0 Å². The Kier molecular flexibility index (Phi) is 5.94. The molecule has 0 heterocycles. The first kappa shape index (κ1) is 23.3. The van der Waals surface area contributed by atoms with Crippen LogP contribution in [0.4, 0.5) is 34.1 Å². The second-order valence-electron chi connectivity index (χ2n) is 9.18. The summed E-state index contributed by atoms with van der Waals surface area (Å²) < 4.78 is 0. The Balaban J connectivity index is 1.46. The molecule has 0 saturated heterocycles. The number of non-ortho nitro benzene ring substituents is 1. The quantitative estimate of drug-likeness (QED) is 0.171. The molecular weight excluding hydrogens is 470 g/mol. The van der Waals surface area contributed by atoms with Gasteiger partial charge in [0.1, 0.15) is 0 Å². The zero-order valence-electron chi connectivity index (χ0n) is 20.9. The summed E-state index contributed by atoms with van der Waals surface area (Å²) in [6.07, 6.45) is 0. The number of anilines is 5. The molecular formula is C33H25N3O2. The maximum Gasteiger partial charge on any atom is 0.269 e. The van der Waals surface area contributed by atoms with E-state index in [0.29, 0.717) is 0 Å². The van der Waals surface area contributed by atoms with Crippen LogP contribution in [0.2, 0.25) is 0 Å². The van der Waals surface area contributed by atoms with Crippen LogP contribution < -0.4 is 9.80 Å². The van der Waals surface area contributed by atoms with Crippen LogP contribution in [0.15, 0.2) is 133 Å². The van der Waals surface area contributed by atoms with Gasteiger partial charge in [-0.15, -0.1) is 0 Å². The van der Waals surface area contributed by atoms with E-state index in [-0.39, 0.29) is 10.6 Å². The number of hydrogen-bond acceptors (Lipinski definition) is 4. The Morgan fingerprint density at radius 3 is 1.45 bits per heavy atom. The largest absolute Gasteiger partial charge is 0.345 e. The minimum atomic E-state index is -0.381. The lowest BCUT2D eigenvalue weighted by molar-refractivity contribution is -0.384. The number of fused-ring (bicyclic) bond motifs is 2. The van der Waals surface area contributed by atoms with Crippen LogP contribution >= 0.6 is 0 Å². The van der Waals surface area contributed by atoms with E-state index in [9.17, 15) is 10.1 Å². The number of nitro groups is 1. The van der Waals surface area contributed by atoms with E-state index in [1.54, 1.807) is 12.1 Å². The predicted octanol–water partition coefficient (Wildman–Crippen LogP) is 9.14. The van der Waals surface area contributed by atoms with Gasteiger partial charge >= 0.3 is 0 Å². The third kappa shape index (κ3) is 4.20. The molecule has 0 bridgehead atoms. The number of nitrogens with zero attached hydrogens (tertiary/aromatic N) is 3. The topological polar surface area (TPSA) is 49.6 Å². The van der Waals surface area contributed by atoms with E-state index in [1.807, 2.05) is 11.9 Å². The molecule has 5 nitrogen and oxygen atoms in total. The summed E-state index contributed by atoms with van der Waals surface area (Å²) >= 11 is 0. The van der Waals surface area contributed by atoms with Gasteiger partial charge in [0.25, 0.3) is 5.69 Å². The third-order valence-corrected chi connectivity index (χ3v) is 6.96. The fourth-order valence-corrected chi connectivity index (χ4v) is 4.99. The van der Waals surface area contributed by atoms with Crippen LogP contribution in [0.5, 0.6) is 0 Å². The molecule has 38 heavy (non-hydrogen) atoms. The van der Waals surface area contributed by atoms with E-state index in [2.05, 4.69) is 114 Å². The molecule has 0 saturated carbocycles. The van der Waals surface area contributed by atoms with Gasteiger partial charge < -0.3 is 9.80 Å². The van der Waals surface area contributed by atoms with Crippen LogP contribution in [0.25, 0.3) is 21.5 Å². The van der Waals surface area contributed by atoms with E-state index in [0.717, 1.165) is 28.4 Å². The molecule has 0 unspecified atom stereocenters. The Morgan fingerprint density at radius 2 is 0.947 bits per heavy atom. The summed E-state index contributed by atoms with van der Waals surface area (Å²) in [5.74, 6) is 0. The number of nitro benzene ring substituents is 1. The molecule has 0 aliphatic carbocycles. The van der Waals surface area contributed by atoms with Crippen molar-refractivity contribution in [3.63, 3.8) is 0 Å². The lowest BCUT2D eigenvalue weighted by atomic mass is 10.0. The highest BCUT2D eigenvalue weighted by Gasteiger charge is 2.18. The Hall–Kier alpha value is -5.16. The molecule has 0 aliphatic heterocycles. The van der Waals surface area contributed by atoms with Crippen molar-refractivity contribution in [2.75, 3.05) is 16.8 Å². The van der Waals surface area contributed by atoms with Gasteiger partial charge in [-0.05, 0) is 59.3 Å². The fourth-order valence-electron chi connectivity index (χ4n) is 4.99. The first-order valence-corrected chi connectivity index (χ1v) is 12.4. The van der Waals surface area contributed by atoms with Gasteiger partial charge in [-0.2, -0.15) is 0 Å². The van der Waals surface area contributed by atoms with Crippen LogP contribution in [-0.2, 0) is 0 Å². The average Bonchev–Trinajstić information content (AvgIpc) is 2.97. The van der Waals surface area contributed by atoms with Crippen LogP contribution in [0.1, 0.15) is 0 Å². The van der Waals surface area contributed by atoms with Crippen molar-refractivity contribution in [2.45, 2.75) is 0 Å². The Labute approximate surface area is 221 Å². The highest BCUT2D eigenvalue weighted by atomic mass is 16.6. The molecule has 0 aliphatic rings. The van der Waals surface area contributed by atoms with Gasteiger partial charge in [0.15, 0.2) is 0 Å². The average molecular weight is 496 g/mol. The lowest BCUT2D eigenvalue weighted by Crippen LogP contribution is -2.12. The molecule has 5 heteroatoms. The van der Waals surface area contributed by atoms with Crippen molar-refractivity contribution in [3.05, 3.63) is 144 Å². The number of hydrogen-bond donors (Lipinski definition) is 0. The van der Waals surface area contributed by atoms with E-state index in [1.165, 1.54) is 33.7 Å². The van der Waals surface area contributed by atoms with Gasteiger partial charge in [-0.1, -0.05) is 72.8 Å². The SMILES string of the molecule is CN(c1ccc(N(c2cccc3ccccc23)c2cccc3ccccc23)cc1)c1ccc([N+](=O)[O-])cc1. The molecule has 0 aromatic heterocycles. The first-order chi connectivity index (χ1) is 18.6. The van der Waals surface area contributed by atoms with Crippen molar-refractivity contribution < 1.29 is 4.92 Å². The summed E-state index contributed by atoms with van der Waals surface area (Å²) in [5.41, 5.74) is 5.20. The highest BCUT2D eigenvalue weighted by Crippen LogP contribution is 2.42. The molecule has 6 rings (SSSR count). The van der Waals surface area contributed by atoms with Crippen molar-refractivity contribution in [1.29, 1.82) is 0 Å². The van der Waals surface area contributed by atoms with E-state index >= 15 is 0 Å². The Morgan fingerprint density at radius 1 is 0.526 bits per heavy atom. The highest BCUT2D eigenvalue weighted by molar-refractivity contribution is 6.04. The summed E-state index contributed by atoms with van der Waals surface area (Å²) in [7, 11) is 1.96. The number of benzene rings is 6. The number of rotatable bonds is 6. The smallest absolute Gasteiger partial charge is 0.269 e. The van der Waals surface area contributed by atoms with Crippen molar-refractivity contribution in [2.24, 2.45) is 0 Å². The van der Waals surface area contributed by atoms with Crippen molar-refractivity contribution in [1.82, 2.24) is 0 Å². The third-order valence-electron chi connectivity index (χ3n) is 6.96. The van der Waals surface area contributed by atoms with Crippen molar-refractivity contribution in [3.8, 4) is 0 Å². The van der Waals surface area contributed by atoms with Gasteiger partial charge in [-0.25, -0.2) is 0 Å². The van der Waals surface area contributed by atoms with Gasteiger partial charge in [0, 0.05) is 47.0 Å². The molecule has 0 atom stereocenters. The van der Waals surface area contributed by atoms with Crippen LogP contribution in [-0.4, -0.2) is 12.0 Å². The summed E-state index contributed by atoms with van der Waals surface area (Å²) in [6.45, 7) is 0. The molecule has 0 amide bonds. The minimum absolute atomic E-state index is 0.0818. The van der Waals surface area contributed by atoms with Crippen LogP contribution in [0, 0.1) is 10.1 Å². The molecule has 0 fully saturated rings. The summed E-state index contributed by atoms with van der Waals surface area (Å²) in [5, 5.41) is 15.8.